The van der Waals surface area contributed by atoms with Crippen LogP contribution in [0.2, 0.25) is 0 Å². The lowest BCUT2D eigenvalue weighted by Crippen LogP contribution is -2.44. The first-order valence-electron chi connectivity index (χ1n) is 8.70. The molecule has 0 aliphatic heterocycles. The predicted molar refractivity (Wildman–Crippen MR) is 105 cm³/mol. The van der Waals surface area contributed by atoms with Crippen LogP contribution < -0.4 is 15.5 Å². The van der Waals surface area contributed by atoms with Crippen LogP contribution in [0, 0.1) is 12.8 Å². The molecule has 2 amide bonds. The molecule has 0 saturated heterocycles. The number of aryl methyl sites for hydroxylation is 1. The van der Waals surface area contributed by atoms with E-state index in [1.807, 2.05) is 13.8 Å². The Kier molecular flexibility index (Phi) is 9.03. The summed E-state index contributed by atoms with van der Waals surface area (Å²) in [5.74, 6) is 0.272. The summed E-state index contributed by atoms with van der Waals surface area (Å²) in [6.45, 7) is 6.31. The van der Waals surface area contributed by atoms with Crippen molar-refractivity contribution in [2.24, 2.45) is 11.0 Å². The Bertz CT molecular complexity index is 749. The van der Waals surface area contributed by atoms with Crippen LogP contribution >= 0.6 is 0 Å². The molecule has 4 N–H and O–H groups in total. The van der Waals surface area contributed by atoms with E-state index in [0.29, 0.717) is 12.5 Å². The average molecular weight is 400 g/mol. The number of nitrogens with one attached hydrogen (secondary N) is 3. The summed E-state index contributed by atoms with van der Waals surface area (Å²) in [6.07, 6.45) is 0.774. The number of hydrazone groups is 1. The molecule has 152 valence electrons. The van der Waals surface area contributed by atoms with Crippen molar-refractivity contribution in [2.45, 2.75) is 32.1 Å². The van der Waals surface area contributed by atoms with Gasteiger partial charge in [0.1, 0.15) is 0 Å². The molecule has 0 spiro atoms. The molecule has 0 radical (unpaired) electrons. The second kappa shape index (κ2) is 10.7. The van der Waals surface area contributed by atoms with Gasteiger partial charge in [-0.1, -0.05) is 26.0 Å². The standard InChI is InChI=1S/C17H29N5O4S/c1-13(2)8-9-22(10-11-23)17(24)20-19-16(18-4)21-27(25,26)15-7-5-6-14(3)12-15/h5-7,12-13,23H,8-11H2,1-4H3,(H,20,24)(H2,18,19,21). The summed E-state index contributed by atoms with van der Waals surface area (Å²) in [5, 5.41) is 15.5. The van der Waals surface area contributed by atoms with E-state index < -0.39 is 16.1 Å². The fraction of sp³-hybridized carbons (Fsp3) is 0.529. The van der Waals surface area contributed by atoms with E-state index in [1.165, 1.54) is 24.1 Å². The van der Waals surface area contributed by atoms with Gasteiger partial charge in [0.15, 0.2) is 0 Å². The molecule has 0 atom stereocenters. The summed E-state index contributed by atoms with van der Waals surface area (Å²) in [5.41, 5.74) is 3.11. The first-order chi connectivity index (χ1) is 12.7. The van der Waals surface area contributed by atoms with E-state index in [-0.39, 0.29) is 24.0 Å². The summed E-state index contributed by atoms with van der Waals surface area (Å²) >= 11 is 0. The lowest BCUT2D eigenvalue weighted by molar-refractivity contribution is 0.174. The second-order valence-electron chi connectivity index (χ2n) is 6.44. The first kappa shape index (κ1) is 22.7. The van der Waals surface area contributed by atoms with Crippen LogP contribution in [0.1, 0.15) is 25.8 Å². The minimum atomic E-state index is -3.84. The van der Waals surface area contributed by atoms with Gasteiger partial charge in [-0.2, -0.15) is 0 Å². The minimum absolute atomic E-state index is 0.0932. The van der Waals surface area contributed by atoms with E-state index in [1.54, 1.807) is 19.1 Å². The van der Waals surface area contributed by atoms with Gasteiger partial charge in [0, 0.05) is 20.1 Å². The second-order valence-corrected chi connectivity index (χ2v) is 8.12. The van der Waals surface area contributed by atoms with Crippen molar-refractivity contribution < 1.29 is 18.3 Å². The van der Waals surface area contributed by atoms with Crippen molar-refractivity contribution >= 4 is 22.0 Å². The lowest BCUT2D eigenvalue weighted by atomic mass is 10.1. The Labute approximate surface area is 160 Å². The maximum absolute atomic E-state index is 12.4. The van der Waals surface area contributed by atoms with Crippen molar-refractivity contribution in [1.82, 2.24) is 20.4 Å². The third-order valence-corrected chi connectivity index (χ3v) is 5.00. The monoisotopic (exact) mass is 399 g/mol. The van der Waals surface area contributed by atoms with Gasteiger partial charge < -0.3 is 15.3 Å². The number of carbonyl (C=O) groups is 1. The minimum Gasteiger partial charge on any atom is -0.395 e. The highest BCUT2D eigenvalue weighted by molar-refractivity contribution is 7.90. The highest BCUT2D eigenvalue weighted by Crippen LogP contribution is 2.10. The van der Waals surface area contributed by atoms with Crippen molar-refractivity contribution in [1.29, 1.82) is 0 Å². The van der Waals surface area contributed by atoms with Crippen LogP contribution in [-0.2, 0) is 10.0 Å². The predicted octanol–water partition coefficient (Wildman–Crippen LogP) is 0.814. The van der Waals surface area contributed by atoms with Crippen LogP contribution in [0.25, 0.3) is 0 Å². The zero-order valence-corrected chi connectivity index (χ0v) is 17.0. The number of sulfonamides is 1. The normalized spacial score (nSPS) is 12.0. The Hall–Kier alpha value is -2.33. The molecule has 0 aromatic heterocycles. The largest absolute Gasteiger partial charge is 0.395 e. The number of aliphatic hydroxyl groups excluding tert-OH is 1. The maximum Gasteiger partial charge on any atom is 0.337 e. The molecule has 1 aromatic carbocycles. The zero-order chi connectivity index (χ0) is 20.4. The van der Waals surface area contributed by atoms with Gasteiger partial charge in [0.25, 0.3) is 10.0 Å². The Morgan fingerprint density at radius 3 is 2.56 bits per heavy atom. The molecule has 10 heteroatoms. The molecule has 0 fully saturated rings. The summed E-state index contributed by atoms with van der Waals surface area (Å²) < 4.78 is 27.1. The van der Waals surface area contributed by atoms with Gasteiger partial charge >= 0.3 is 6.03 Å². The first-order valence-corrected chi connectivity index (χ1v) is 10.2. The van der Waals surface area contributed by atoms with Crippen molar-refractivity contribution in [3.05, 3.63) is 29.8 Å². The molecule has 0 bridgehead atoms. The molecule has 1 rings (SSSR count). The van der Waals surface area contributed by atoms with Crippen LogP contribution in [-0.4, -0.2) is 57.2 Å². The fourth-order valence-corrected chi connectivity index (χ4v) is 3.24. The van der Waals surface area contributed by atoms with Crippen LogP contribution in [0.4, 0.5) is 4.79 Å². The Morgan fingerprint density at radius 1 is 1.30 bits per heavy atom. The highest BCUT2D eigenvalue weighted by atomic mass is 32.2. The number of rotatable bonds is 8. The summed E-state index contributed by atoms with van der Waals surface area (Å²) in [4.78, 5) is 13.8. The van der Waals surface area contributed by atoms with E-state index in [4.69, 9.17) is 5.11 Å². The highest BCUT2D eigenvalue weighted by Gasteiger charge is 2.17. The van der Waals surface area contributed by atoms with Crippen molar-refractivity contribution in [3.8, 4) is 0 Å². The number of carbonyl (C=O) groups excluding carboxylic acids is 1. The number of nitrogens with zero attached hydrogens (tertiary/aromatic N) is 2. The number of hydrogen-bond donors (Lipinski definition) is 4. The molecular weight excluding hydrogens is 370 g/mol. The molecule has 27 heavy (non-hydrogen) atoms. The fourth-order valence-electron chi connectivity index (χ4n) is 2.12. The van der Waals surface area contributed by atoms with E-state index in [0.717, 1.165) is 12.0 Å². The number of urea groups is 1. The number of amides is 2. The maximum atomic E-state index is 12.4. The molecule has 9 nitrogen and oxygen atoms in total. The molecule has 0 heterocycles. The van der Waals surface area contributed by atoms with Crippen LogP contribution in [0.5, 0.6) is 0 Å². The van der Waals surface area contributed by atoms with E-state index in [2.05, 4.69) is 20.6 Å². The Morgan fingerprint density at radius 2 is 2.00 bits per heavy atom. The summed E-state index contributed by atoms with van der Waals surface area (Å²) in [6, 6.07) is 5.91. The summed E-state index contributed by atoms with van der Waals surface area (Å²) in [7, 11) is -2.36. The van der Waals surface area contributed by atoms with E-state index >= 15 is 0 Å². The van der Waals surface area contributed by atoms with Crippen molar-refractivity contribution in [2.75, 3.05) is 26.7 Å². The molecule has 1 aromatic rings. The third-order valence-electron chi connectivity index (χ3n) is 3.66. The third kappa shape index (κ3) is 7.83. The Balaban J connectivity index is 2.82. The topological polar surface area (TPSA) is 123 Å². The quantitative estimate of drug-likeness (QED) is 0.293. The number of aliphatic hydroxyl groups is 1. The van der Waals surface area contributed by atoms with Gasteiger partial charge in [-0.3, -0.25) is 0 Å². The van der Waals surface area contributed by atoms with Gasteiger partial charge in [-0.15, -0.1) is 5.10 Å². The molecule has 0 saturated carbocycles. The molecule has 0 aliphatic rings. The van der Waals surface area contributed by atoms with Crippen molar-refractivity contribution in [3.63, 3.8) is 0 Å². The SMILES string of the molecule is CNC(=NNC(=O)N(CCO)CCC(C)C)NS(=O)(=O)c1cccc(C)c1. The molecule has 0 unspecified atom stereocenters. The molecule has 0 aliphatic carbocycles. The number of hydrogen-bond acceptors (Lipinski definition) is 5. The van der Waals surface area contributed by atoms with Crippen LogP contribution in [0.3, 0.4) is 0 Å². The average Bonchev–Trinajstić information content (AvgIpc) is 2.61. The van der Waals surface area contributed by atoms with Gasteiger partial charge in [0.2, 0.25) is 5.96 Å². The zero-order valence-electron chi connectivity index (χ0n) is 16.2. The number of benzene rings is 1. The van der Waals surface area contributed by atoms with Gasteiger partial charge in [-0.05, 0) is 37.0 Å². The smallest absolute Gasteiger partial charge is 0.337 e. The van der Waals surface area contributed by atoms with Gasteiger partial charge in [0.05, 0.1) is 11.5 Å². The lowest BCUT2D eigenvalue weighted by Gasteiger charge is -2.22. The van der Waals surface area contributed by atoms with Crippen LogP contribution in [0.15, 0.2) is 34.3 Å². The van der Waals surface area contributed by atoms with Gasteiger partial charge in [-0.25, -0.2) is 23.4 Å². The number of guanidine groups is 1. The molecular formula is C17H29N5O4S. The van der Waals surface area contributed by atoms with E-state index in [9.17, 15) is 13.2 Å².